The van der Waals surface area contributed by atoms with Crippen molar-refractivity contribution >= 4 is 23.0 Å². The Hall–Kier alpha value is -2.70. The molecule has 1 aromatic heterocycles. The molecule has 0 atom stereocenters. The molecule has 0 aliphatic rings. The van der Waals surface area contributed by atoms with Gasteiger partial charge in [-0.05, 0) is 38.8 Å². The normalized spacial score (nSPS) is 12.1. The average molecular weight is 374 g/mol. The molecular weight excluding hydrogens is 342 g/mol. The van der Waals surface area contributed by atoms with Crippen molar-refractivity contribution in [3.63, 3.8) is 0 Å². The number of hydrogen-bond acceptors (Lipinski definition) is 3. The first-order valence-corrected chi connectivity index (χ1v) is 9.24. The molecule has 148 valence electrons. The molecule has 3 N–H and O–H groups in total. The molecular formula is C20H31N5O2. The zero-order valence-corrected chi connectivity index (χ0v) is 16.9. The largest absolute Gasteiger partial charge is 0.444 e. The third kappa shape index (κ3) is 6.51. The topological polar surface area (TPSA) is 81.8 Å². The van der Waals surface area contributed by atoms with Crippen molar-refractivity contribution in [1.82, 2.24) is 20.5 Å². The molecule has 0 saturated carbocycles. The Bertz CT molecular complexity index is 776. The van der Waals surface area contributed by atoms with Crippen LogP contribution in [-0.4, -0.2) is 61.3 Å². The highest BCUT2D eigenvalue weighted by Crippen LogP contribution is 2.17. The zero-order valence-electron chi connectivity index (χ0n) is 16.9. The van der Waals surface area contributed by atoms with Crippen LogP contribution in [0.5, 0.6) is 0 Å². The van der Waals surface area contributed by atoms with Crippen molar-refractivity contribution < 1.29 is 9.53 Å². The molecule has 2 rings (SSSR count). The van der Waals surface area contributed by atoms with Gasteiger partial charge in [0, 0.05) is 50.8 Å². The summed E-state index contributed by atoms with van der Waals surface area (Å²) < 4.78 is 5.34. The number of carbonyl (C=O) groups is 1. The number of rotatable bonds is 6. The molecule has 7 heteroatoms. The van der Waals surface area contributed by atoms with Gasteiger partial charge in [0.1, 0.15) is 5.60 Å². The number of likely N-dealkylation sites (N-methyl/N-ethyl adjacent to an activating group) is 1. The SMILES string of the molecule is CN=C(NCCc1c[nH]c2ccccc12)NCCN(C)C(=O)OC(C)(C)C. The lowest BCUT2D eigenvalue weighted by atomic mass is 10.1. The summed E-state index contributed by atoms with van der Waals surface area (Å²) in [5, 5.41) is 7.77. The number of amides is 1. The molecule has 0 bridgehead atoms. The Labute approximate surface area is 161 Å². The number of para-hydroxylation sites is 1. The van der Waals surface area contributed by atoms with Gasteiger partial charge in [-0.15, -0.1) is 0 Å². The van der Waals surface area contributed by atoms with E-state index in [0.29, 0.717) is 19.0 Å². The minimum Gasteiger partial charge on any atom is -0.444 e. The van der Waals surface area contributed by atoms with Crippen molar-refractivity contribution in [2.75, 3.05) is 33.7 Å². The number of guanidine groups is 1. The summed E-state index contributed by atoms with van der Waals surface area (Å²) in [4.78, 5) is 21.0. The summed E-state index contributed by atoms with van der Waals surface area (Å²) in [5.74, 6) is 0.715. The van der Waals surface area contributed by atoms with Crippen LogP contribution in [0.25, 0.3) is 10.9 Å². The number of hydrogen-bond donors (Lipinski definition) is 3. The van der Waals surface area contributed by atoms with Gasteiger partial charge in [-0.25, -0.2) is 4.79 Å². The third-order valence-electron chi connectivity index (χ3n) is 4.03. The summed E-state index contributed by atoms with van der Waals surface area (Å²) in [6.45, 7) is 7.45. The first kappa shape index (κ1) is 20.6. The van der Waals surface area contributed by atoms with E-state index in [0.717, 1.165) is 18.5 Å². The third-order valence-corrected chi connectivity index (χ3v) is 4.03. The molecule has 1 amide bonds. The Morgan fingerprint density at radius 2 is 1.93 bits per heavy atom. The van der Waals surface area contributed by atoms with E-state index in [-0.39, 0.29) is 6.09 Å². The summed E-state index contributed by atoms with van der Waals surface area (Å²) >= 11 is 0. The Morgan fingerprint density at radius 1 is 1.22 bits per heavy atom. The highest BCUT2D eigenvalue weighted by atomic mass is 16.6. The molecule has 7 nitrogen and oxygen atoms in total. The van der Waals surface area contributed by atoms with E-state index in [9.17, 15) is 4.79 Å². The smallest absolute Gasteiger partial charge is 0.410 e. The molecule has 0 spiro atoms. The van der Waals surface area contributed by atoms with Crippen LogP contribution in [-0.2, 0) is 11.2 Å². The van der Waals surface area contributed by atoms with Crippen molar-refractivity contribution in [2.45, 2.75) is 32.8 Å². The summed E-state index contributed by atoms with van der Waals surface area (Å²) in [5.41, 5.74) is 1.94. The van der Waals surface area contributed by atoms with E-state index in [2.05, 4.69) is 45.0 Å². The molecule has 1 aromatic carbocycles. The second-order valence-electron chi connectivity index (χ2n) is 7.44. The number of aromatic nitrogens is 1. The van der Waals surface area contributed by atoms with E-state index >= 15 is 0 Å². The van der Waals surface area contributed by atoms with Gasteiger partial charge in [-0.3, -0.25) is 4.99 Å². The molecule has 0 aliphatic heterocycles. The molecule has 2 aromatic rings. The van der Waals surface area contributed by atoms with E-state index in [1.54, 1.807) is 19.0 Å². The maximum atomic E-state index is 11.9. The Balaban J connectivity index is 1.72. The van der Waals surface area contributed by atoms with Gasteiger partial charge in [0.15, 0.2) is 5.96 Å². The van der Waals surface area contributed by atoms with Crippen molar-refractivity contribution in [2.24, 2.45) is 4.99 Å². The first-order chi connectivity index (χ1) is 12.8. The number of aromatic amines is 1. The second kappa shape index (κ2) is 9.30. The van der Waals surface area contributed by atoms with E-state index in [4.69, 9.17) is 4.74 Å². The van der Waals surface area contributed by atoms with Crippen LogP contribution in [0.3, 0.4) is 0 Å². The highest BCUT2D eigenvalue weighted by molar-refractivity contribution is 5.83. The minimum atomic E-state index is -0.487. The molecule has 0 radical (unpaired) electrons. The summed E-state index contributed by atoms with van der Waals surface area (Å²) in [7, 11) is 3.46. The molecule has 0 aliphatic carbocycles. The molecule has 0 saturated heterocycles. The van der Waals surface area contributed by atoms with Crippen LogP contribution in [0.15, 0.2) is 35.5 Å². The minimum absolute atomic E-state index is 0.327. The van der Waals surface area contributed by atoms with Crippen molar-refractivity contribution in [3.8, 4) is 0 Å². The number of ether oxygens (including phenoxy) is 1. The molecule has 1 heterocycles. The number of aliphatic imine (C=N–C) groups is 1. The lowest BCUT2D eigenvalue weighted by Gasteiger charge is -2.24. The maximum absolute atomic E-state index is 11.9. The number of nitrogens with one attached hydrogen (secondary N) is 3. The van der Waals surface area contributed by atoms with Crippen LogP contribution < -0.4 is 10.6 Å². The van der Waals surface area contributed by atoms with Gasteiger partial charge < -0.3 is 25.3 Å². The number of H-pyrrole nitrogens is 1. The van der Waals surface area contributed by atoms with Crippen LogP contribution in [0.2, 0.25) is 0 Å². The predicted molar refractivity (Wildman–Crippen MR) is 110 cm³/mol. The monoisotopic (exact) mass is 373 g/mol. The summed E-state index contributed by atoms with van der Waals surface area (Å²) in [6.07, 6.45) is 2.62. The van der Waals surface area contributed by atoms with Crippen molar-refractivity contribution in [3.05, 3.63) is 36.0 Å². The molecule has 0 unspecified atom stereocenters. The second-order valence-corrected chi connectivity index (χ2v) is 7.44. The average Bonchev–Trinajstić information content (AvgIpc) is 3.02. The molecule has 27 heavy (non-hydrogen) atoms. The first-order valence-electron chi connectivity index (χ1n) is 9.24. The van der Waals surface area contributed by atoms with Crippen LogP contribution >= 0.6 is 0 Å². The number of carbonyl (C=O) groups excluding carboxylic acids is 1. The Morgan fingerprint density at radius 3 is 2.63 bits per heavy atom. The fraction of sp³-hybridized carbons (Fsp3) is 0.500. The Kier molecular flexibility index (Phi) is 7.10. The quantitative estimate of drug-likeness (QED) is 0.537. The fourth-order valence-corrected chi connectivity index (χ4v) is 2.65. The van der Waals surface area contributed by atoms with Gasteiger partial charge in [0.2, 0.25) is 0 Å². The number of nitrogens with zero attached hydrogens (tertiary/aromatic N) is 2. The standard InChI is InChI=1S/C20H31N5O2/c1-20(2,3)27-19(26)25(5)13-12-23-18(21-4)22-11-10-15-14-24-17-9-7-6-8-16(15)17/h6-9,14,24H,10-13H2,1-5H3,(H2,21,22,23). The van der Waals surface area contributed by atoms with Gasteiger partial charge in [0.05, 0.1) is 0 Å². The fourth-order valence-electron chi connectivity index (χ4n) is 2.65. The van der Waals surface area contributed by atoms with E-state index < -0.39 is 5.60 Å². The summed E-state index contributed by atoms with van der Waals surface area (Å²) in [6, 6.07) is 8.28. The van der Waals surface area contributed by atoms with E-state index in [1.165, 1.54) is 10.9 Å². The van der Waals surface area contributed by atoms with Gasteiger partial charge >= 0.3 is 6.09 Å². The van der Waals surface area contributed by atoms with Crippen LogP contribution in [0.1, 0.15) is 26.3 Å². The number of benzene rings is 1. The van der Waals surface area contributed by atoms with Crippen molar-refractivity contribution in [1.29, 1.82) is 0 Å². The maximum Gasteiger partial charge on any atom is 0.410 e. The van der Waals surface area contributed by atoms with Crippen LogP contribution in [0, 0.1) is 0 Å². The lowest BCUT2D eigenvalue weighted by Crippen LogP contribution is -2.43. The van der Waals surface area contributed by atoms with E-state index in [1.807, 2.05) is 26.8 Å². The zero-order chi connectivity index (χ0) is 19.9. The highest BCUT2D eigenvalue weighted by Gasteiger charge is 2.19. The lowest BCUT2D eigenvalue weighted by molar-refractivity contribution is 0.0302. The van der Waals surface area contributed by atoms with Gasteiger partial charge in [-0.1, -0.05) is 18.2 Å². The predicted octanol–water partition coefficient (Wildman–Crippen LogP) is 2.74. The number of fused-ring (bicyclic) bond motifs is 1. The molecule has 0 fully saturated rings. The van der Waals surface area contributed by atoms with Crippen LogP contribution in [0.4, 0.5) is 4.79 Å². The van der Waals surface area contributed by atoms with Gasteiger partial charge in [0.25, 0.3) is 0 Å². The van der Waals surface area contributed by atoms with Gasteiger partial charge in [-0.2, -0.15) is 0 Å².